The van der Waals surface area contributed by atoms with E-state index in [-0.39, 0.29) is 36.7 Å². The second-order valence-corrected chi connectivity index (χ2v) is 12.9. The van der Waals surface area contributed by atoms with Crippen LogP contribution in [0.3, 0.4) is 0 Å². The van der Waals surface area contributed by atoms with Crippen molar-refractivity contribution in [2.24, 2.45) is 10.4 Å². The van der Waals surface area contributed by atoms with Gasteiger partial charge in [0.2, 0.25) is 0 Å². The Morgan fingerprint density at radius 2 is 2.07 bits per heavy atom. The summed E-state index contributed by atoms with van der Waals surface area (Å²) in [6, 6.07) is 1.16. The molecule has 0 bridgehead atoms. The summed E-state index contributed by atoms with van der Waals surface area (Å²) >= 11 is 7.74. The number of hydrogen-bond acceptors (Lipinski definition) is 9. The van der Waals surface area contributed by atoms with Gasteiger partial charge in [-0.1, -0.05) is 17.7 Å². The molecule has 0 saturated carbocycles. The van der Waals surface area contributed by atoms with Gasteiger partial charge in [-0.2, -0.15) is 0 Å². The number of alkyl halides is 2. The Morgan fingerprint density at radius 3 is 2.72 bits per heavy atom. The molecule has 0 aliphatic carbocycles. The molecule has 2 fully saturated rings. The van der Waals surface area contributed by atoms with Gasteiger partial charge in [0.05, 0.1) is 30.2 Å². The molecule has 3 aliphatic heterocycles. The van der Waals surface area contributed by atoms with Crippen molar-refractivity contribution in [2.75, 3.05) is 32.8 Å². The summed E-state index contributed by atoms with van der Waals surface area (Å²) in [5.74, 6) is -4.96. The van der Waals surface area contributed by atoms with E-state index < -0.39 is 53.8 Å². The molecule has 3 aliphatic rings. The van der Waals surface area contributed by atoms with Crippen molar-refractivity contribution in [3.63, 3.8) is 0 Å². The third-order valence-corrected chi connectivity index (χ3v) is 9.37. The van der Waals surface area contributed by atoms with Gasteiger partial charge in [0.1, 0.15) is 11.9 Å². The largest absolute Gasteiger partial charge is 0.481 e. The molecule has 9 nitrogen and oxygen atoms in total. The molecule has 1 aromatic heterocycles. The Kier molecular flexibility index (Phi) is 8.90. The van der Waals surface area contributed by atoms with E-state index in [0.717, 1.165) is 6.07 Å². The molecular weight excluding hydrogens is 607 g/mol. The summed E-state index contributed by atoms with van der Waals surface area (Å²) in [6.07, 6.45) is 2.28. The Hall–Kier alpha value is -3.00. The van der Waals surface area contributed by atoms with Crippen LogP contribution in [0.1, 0.15) is 50.2 Å². The highest BCUT2D eigenvalue weighted by Gasteiger charge is 2.59. The number of nitrogens with one attached hydrogen (secondary N) is 1. The van der Waals surface area contributed by atoms with Crippen LogP contribution in [0.25, 0.3) is 0 Å². The number of esters is 1. The molecule has 2 aromatic rings. The van der Waals surface area contributed by atoms with E-state index in [0.29, 0.717) is 35.1 Å². The summed E-state index contributed by atoms with van der Waals surface area (Å²) in [6.45, 7) is 4.93. The van der Waals surface area contributed by atoms with E-state index in [1.807, 2.05) is 0 Å². The van der Waals surface area contributed by atoms with Crippen molar-refractivity contribution in [3.05, 3.63) is 62.5 Å². The zero-order chi connectivity index (χ0) is 31.1. The summed E-state index contributed by atoms with van der Waals surface area (Å²) in [7, 11) is 0. The number of carbonyl (C=O) groups excluding carboxylic acids is 1. The van der Waals surface area contributed by atoms with Crippen LogP contribution < -0.4 is 5.32 Å². The fraction of sp³-hybridized carbons (Fsp3) is 0.517. The minimum atomic E-state index is -3.07. The zero-order valence-electron chi connectivity index (χ0n) is 23.9. The first-order valence-corrected chi connectivity index (χ1v) is 15.3. The number of benzene rings is 1. The van der Waals surface area contributed by atoms with Crippen LogP contribution in [0.2, 0.25) is 5.02 Å². The van der Waals surface area contributed by atoms with Gasteiger partial charge in [0, 0.05) is 47.0 Å². The van der Waals surface area contributed by atoms with E-state index in [1.54, 1.807) is 42.1 Å². The zero-order valence-corrected chi connectivity index (χ0v) is 25.5. The number of hydrogen-bond donors (Lipinski definition) is 2. The number of aliphatic imine (C=N–C) groups is 1. The fourth-order valence-electron chi connectivity index (χ4n) is 5.97. The summed E-state index contributed by atoms with van der Waals surface area (Å²) < 4.78 is 50.6. The van der Waals surface area contributed by atoms with Gasteiger partial charge in [-0.25, -0.2) is 22.9 Å². The molecular formula is C29H33ClF3N5O4S. The maximum Gasteiger partial charge on any atom is 0.338 e. The lowest BCUT2D eigenvalue weighted by atomic mass is 9.89. The molecule has 0 unspecified atom stereocenters. The van der Waals surface area contributed by atoms with Crippen molar-refractivity contribution in [1.29, 1.82) is 0 Å². The topological polar surface area (TPSA) is 107 Å². The van der Waals surface area contributed by atoms with Gasteiger partial charge in [-0.3, -0.25) is 19.6 Å². The van der Waals surface area contributed by atoms with Gasteiger partial charge < -0.3 is 15.2 Å². The standard InChI is InChI=1S/C29H33ClF3N5O4S/c1-4-42-26(39)21-19(35-24(25-34-9-12-43-25)36-22(21)17-6-5-16(31)13-18(17)30)14-38-15-29(32,33)23-20(38)7-10-37(23)11-8-28(2,3)27(40)41/h5-6,9,12-13,20,22-23H,4,7-8,10-11,14-15H2,1-3H3,(H,35,36)(H,40,41)/t20-,22-,23+/m0/s1. The van der Waals surface area contributed by atoms with Crippen LogP contribution in [0, 0.1) is 11.2 Å². The molecule has 5 rings (SSSR count). The number of ether oxygens (including phenoxy) is 1. The normalized spacial score (nSPS) is 24.1. The summed E-state index contributed by atoms with van der Waals surface area (Å²) in [5.41, 5.74) is -0.262. The second kappa shape index (κ2) is 12.2. The Morgan fingerprint density at radius 1 is 1.30 bits per heavy atom. The van der Waals surface area contributed by atoms with Crippen molar-refractivity contribution in [2.45, 2.75) is 57.7 Å². The smallest absolute Gasteiger partial charge is 0.338 e. The summed E-state index contributed by atoms with van der Waals surface area (Å²) in [4.78, 5) is 37.4. The van der Waals surface area contributed by atoms with Crippen molar-refractivity contribution >= 4 is 40.7 Å². The molecule has 2 saturated heterocycles. The lowest BCUT2D eigenvalue weighted by Gasteiger charge is -2.31. The van der Waals surface area contributed by atoms with Crippen LogP contribution in [0.4, 0.5) is 13.2 Å². The Bertz CT molecular complexity index is 1450. The third kappa shape index (κ3) is 6.31. The van der Waals surface area contributed by atoms with Gasteiger partial charge >= 0.3 is 11.9 Å². The van der Waals surface area contributed by atoms with Gasteiger partial charge in [0.25, 0.3) is 5.92 Å². The van der Waals surface area contributed by atoms with Gasteiger partial charge in [0.15, 0.2) is 10.8 Å². The molecule has 43 heavy (non-hydrogen) atoms. The molecule has 2 N–H and O–H groups in total. The number of carboxylic acid groups (broad SMARTS) is 1. The number of halogens is 4. The first kappa shape index (κ1) is 31.4. The highest BCUT2D eigenvalue weighted by atomic mass is 35.5. The fourth-order valence-corrected chi connectivity index (χ4v) is 6.83. The van der Waals surface area contributed by atoms with Crippen molar-refractivity contribution in [3.8, 4) is 0 Å². The molecule has 0 spiro atoms. The maximum absolute atomic E-state index is 15.6. The number of aliphatic carboxylic acids is 1. The number of nitrogens with zero attached hydrogens (tertiary/aromatic N) is 4. The van der Waals surface area contributed by atoms with Crippen LogP contribution in [-0.2, 0) is 14.3 Å². The molecule has 232 valence electrons. The maximum atomic E-state index is 15.6. The predicted molar refractivity (Wildman–Crippen MR) is 156 cm³/mol. The van der Waals surface area contributed by atoms with E-state index >= 15 is 8.78 Å². The minimum Gasteiger partial charge on any atom is -0.481 e. The average Bonchev–Trinajstić information content (AvgIpc) is 3.66. The molecule has 0 radical (unpaired) electrons. The van der Waals surface area contributed by atoms with Crippen LogP contribution in [-0.4, -0.2) is 88.5 Å². The molecule has 3 atom stereocenters. The number of thiazole rings is 1. The highest BCUT2D eigenvalue weighted by molar-refractivity contribution is 7.11. The molecule has 14 heteroatoms. The van der Waals surface area contributed by atoms with Crippen LogP contribution in [0.15, 0.2) is 46.0 Å². The van der Waals surface area contributed by atoms with E-state index in [2.05, 4.69) is 10.3 Å². The third-order valence-electron chi connectivity index (χ3n) is 8.26. The van der Waals surface area contributed by atoms with E-state index in [9.17, 15) is 19.1 Å². The molecule has 1 aromatic carbocycles. The lowest BCUT2D eigenvalue weighted by molar-refractivity contribution is -0.147. The van der Waals surface area contributed by atoms with E-state index in [1.165, 1.54) is 23.5 Å². The number of rotatable bonds is 10. The molecule has 4 heterocycles. The average molecular weight is 640 g/mol. The monoisotopic (exact) mass is 639 g/mol. The van der Waals surface area contributed by atoms with Gasteiger partial charge in [-0.05, 0) is 52.3 Å². The van der Waals surface area contributed by atoms with Crippen LogP contribution >= 0.6 is 22.9 Å². The van der Waals surface area contributed by atoms with Crippen LogP contribution in [0.5, 0.6) is 0 Å². The second-order valence-electron chi connectivity index (χ2n) is 11.6. The Labute approximate surface area is 256 Å². The van der Waals surface area contributed by atoms with E-state index in [4.69, 9.17) is 21.3 Å². The number of amidine groups is 1. The van der Waals surface area contributed by atoms with Crippen molar-refractivity contribution in [1.82, 2.24) is 20.1 Å². The first-order valence-electron chi connectivity index (χ1n) is 14.0. The number of carbonyl (C=O) groups is 2. The number of carboxylic acids is 1. The number of likely N-dealkylation sites (tertiary alicyclic amines) is 2. The number of fused-ring (bicyclic) bond motifs is 1. The van der Waals surface area contributed by atoms with Gasteiger partial charge in [-0.15, -0.1) is 11.3 Å². The number of aromatic nitrogens is 1. The summed E-state index contributed by atoms with van der Waals surface area (Å²) in [5, 5.41) is 15.0. The lowest BCUT2D eigenvalue weighted by Crippen LogP contribution is -2.46. The minimum absolute atomic E-state index is 0.0426. The van der Waals surface area contributed by atoms with Crippen molar-refractivity contribution < 1.29 is 32.6 Å². The highest BCUT2D eigenvalue weighted by Crippen LogP contribution is 2.43. The SMILES string of the molecule is CCOC(=O)C1=C(CN2CC(F)(F)[C@H]3[C@@H]2CCN3CCC(C)(C)C(=O)O)NC(c2nccs2)=N[C@H]1c1ccc(F)cc1Cl. The molecule has 0 amide bonds. The predicted octanol–water partition coefficient (Wildman–Crippen LogP) is 4.74. The first-order chi connectivity index (χ1) is 20.3. The Balaban J connectivity index is 1.50. The quantitative estimate of drug-likeness (QED) is 0.359.